The van der Waals surface area contributed by atoms with Crippen molar-refractivity contribution < 1.29 is 8.83 Å². The van der Waals surface area contributed by atoms with E-state index in [1.54, 1.807) is 0 Å². The summed E-state index contributed by atoms with van der Waals surface area (Å²) in [6.45, 7) is 0. The Kier molecular flexibility index (Phi) is 7.05. The molecule has 11 aromatic carbocycles. The maximum absolute atomic E-state index is 6.87. The van der Waals surface area contributed by atoms with Gasteiger partial charge in [-0.05, 0) is 118 Å². The summed E-state index contributed by atoms with van der Waals surface area (Å²) in [6.07, 6.45) is 0. The standard InChI is InChI=1S/C58H34O2/c1-2-16-35(17-3-1)53-39-19-4-8-23-43(39)55(44-24-9-5-20-40(44)53)47-27-14-30-50-57(47)58-48(28-15-31-51(58)60-50)56-45-25-10-6-21-41(45)54(42-22-7-11-26-46(42)56)36-32-33-38-37-18-12-13-29-49(37)59-52(38)34-36/h1-34H. The first-order chi connectivity index (χ1) is 29.8. The second-order valence-electron chi connectivity index (χ2n) is 15.8. The molecule has 0 amide bonds. The second kappa shape index (κ2) is 12.8. The van der Waals surface area contributed by atoms with Gasteiger partial charge in [0, 0.05) is 21.5 Å². The molecule has 0 spiro atoms. The van der Waals surface area contributed by atoms with E-state index in [2.05, 4.69) is 194 Å². The van der Waals surface area contributed by atoms with Crippen LogP contribution in [0, 0.1) is 0 Å². The molecular formula is C58H34O2. The van der Waals surface area contributed by atoms with Gasteiger partial charge < -0.3 is 8.83 Å². The van der Waals surface area contributed by atoms with Gasteiger partial charge in [0.15, 0.2) is 0 Å². The minimum Gasteiger partial charge on any atom is -0.456 e. The van der Waals surface area contributed by atoms with Crippen LogP contribution in [0.1, 0.15) is 0 Å². The molecule has 0 fully saturated rings. The van der Waals surface area contributed by atoms with E-state index in [1.165, 1.54) is 70.9 Å². The summed E-state index contributed by atoms with van der Waals surface area (Å²) in [6, 6.07) is 74.4. The number of para-hydroxylation sites is 1. The van der Waals surface area contributed by atoms with Crippen LogP contribution in [0.4, 0.5) is 0 Å². The van der Waals surface area contributed by atoms with E-state index < -0.39 is 0 Å². The maximum atomic E-state index is 6.87. The lowest BCUT2D eigenvalue weighted by molar-refractivity contribution is 0.668. The Morgan fingerprint density at radius 2 is 0.583 bits per heavy atom. The molecule has 0 bridgehead atoms. The SMILES string of the molecule is c1ccc(-c2c3ccccc3c(-c3cccc4oc5cccc(-c6c7ccccc7c(-c7ccc8c(c7)oc7ccccc78)c7ccccc67)c5c34)c3ccccc23)cc1. The van der Waals surface area contributed by atoms with Crippen LogP contribution in [0.5, 0.6) is 0 Å². The van der Waals surface area contributed by atoms with Gasteiger partial charge in [0.1, 0.15) is 22.3 Å². The summed E-state index contributed by atoms with van der Waals surface area (Å²) >= 11 is 0. The molecule has 2 aromatic heterocycles. The molecule has 2 nitrogen and oxygen atoms in total. The van der Waals surface area contributed by atoms with Crippen LogP contribution >= 0.6 is 0 Å². The summed E-state index contributed by atoms with van der Waals surface area (Å²) in [4.78, 5) is 0. The first-order valence-corrected chi connectivity index (χ1v) is 20.6. The lowest BCUT2D eigenvalue weighted by Gasteiger charge is -2.19. The highest BCUT2D eigenvalue weighted by Crippen LogP contribution is 2.51. The van der Waals surface area contributed by atoms with Crippen LogP contribution in [0.15, 0.2) is 215 Å². The average molecular weight is 763 g/mol. The molecule has 0 radical (unpaired) electrons. The Morgan fingerprint density at radius 3 is 1.08 bits per heavy atom. The molecule has 278 valence electrons. The minimum absolute atomic E-state index is 0.872. The fraction of sp³-hybridized carbons (Fsp3) is 0. The number of fused-ring (bicyclic) bond motifs is 10. The quantitative estimate of drug-likeness (QED) is 0.167. The number of furan rings is 2. The van der Waals surface area contributed by atoms with Crippen molar-refractivity contribution in [2.45, 2.75) is 0 Å². The van der Waals surface area contributed by atoms with Gasteiger partial charge in [-0.3, -0.25) is 0 Å². The Balaban J connectivity index is 1.13. The predicted octanol–water partition coefficient (Wildman–Crippen LogP) is 16.8. The van der Waals surface area contributed by atoms with Crippen LogP contribution in [0.2, 0.25) is 0 Å². The molecule has 0 aliphatic heterocycles. The molecule has 0 saturated heterocycles. The van der Waals surface area contributed by atoms with Crippen molar-refractivity contribution in [3.8, 4) is 44.5 Å². The first-order valence-electron chi connectivity index (χ1n) is 20.6. The van der Waals surface area contributed by atoms with E-state index in [-0.39, 0.29) is 0 Å². The molecule has 0 unspecified atom stereocenters. The maximum Gasteiger partial charge on any atom is 0.136 e. The van der Waals surface area contributed by atoms with Gasteiger partial charge in [-0.1, -0.05) is 176 Å². The van der Waals surface area contributed by atoms with E-state index in [4.69, 9.17) is 8.83 Å². The van der Waals surface area contributed by atoms with Crippen LogP contribution in [0.3, 0.4) is 0 Å². The normalized spacial score (nSPS) is 12.0. The number of hydrogen-bond acceptors (Lipinski definition) is 2. The monoisotopic (exact) mass is 762 g/mol. The van der Waals surface area contributed by atoms with Gasteiger partial charge in [0.25, 0.3) is 0 Å². The zero-order valence-electron chi connectivity index (χ0n) is 32.4. The molecule has 2 heteroatoms. The Bertz CT molecular complexity index is 3770. The zero-order valence-corrected chi connectivity index (χ0v) is 32.4. The molecule has 2 heterocycles. The van der Waals surface area contributed by atoms with Gasteiger partial charge in [-0.2, -0.15) is 0 Å². The molecule has 0 aliphatic carbocycles. The first kappa shape index (κ1) is 33.1. The van der Waals surface area contributed by atoms with Gasteiger partial charge in [0.2, 0.25) is 0 Å². The van der Waals surface area contributed by atoms with Crippen molar-refractivity contribution in [3.63, 3.8) is 0 Å². The van der Waals surface area contributed by atoms with Gasteiger partial charge in [0.05, 0.1) is 0 Å². The van der Waals surface area contributed by atoms with Crippen molar-refractivity contribution in [3.05, 3.63) is 206 Å². The second-order valence-corrected chi connectivity index (χ2v) is 15.8. The fourth-order valence-corrected chi connectivity index (χ4v) is 10.2. The van der Waals surface area contributed by atoms with E-state index >= 15 is 0 Å². The predicted molar refractivity (Wildman–Crippen MR) is 253 cm³/mol. The van der Waals surface area contributed by atoms with Crippen molar-refractivity contribution in [2.24, 2.45) is 0 Å². The largest absolute Gasteiger partial charge is 0.456 e. The highest BCUT2D eigenvalue weighted by atomic mass is 16.3. The molecular weight excluding hydrogens is 729 g/mol. The third-order valence-corrected chi connectivity index (χ3v) is 12.7. The Morgan fingerprint density at radius 1 is 0.217 bits per heavy atom. The number of hydrogen-bond donors (Lipinski definition) is 0. The summed E-state index contributed by atoms with van der Waals surface area (Å²) in [5.41, 5.74) is 13.1. The van der Waals surface area contributed by atoms with Gasteiger partial charge in [-0.25, -0.2) is 0 Å². The summed E-state index contributed by atoms with van der Waals surface area (Å²) in [7, 11) is 0. The average Bonchev–Trinajstić information content (AvgIpc) is 3.89. The highest BCUT2D eigenvalue weighted by molar-refractivity contribution is 6.30. The summed E-state index contributed by atoms with van der Waals surface area (Å²) in [5, 5.41) is 14.2. The van der Waals surface area contributed by atoms with Gasteiger partial charge >= 0.3 is 0 Å². The van der Waals surface area contributed by atoms with Crippen molar-refractivity contribution in [1.82, 2.24) is 0 Å². The molecule has 13 aromatic rings. The topological polar surface area (TPSA) is 26.3 Å². The lowest BCUT2D eigenvalue weighted by atomic mass is 9.83. The lowest BCUT2D eigenvalue weighted by Crippen LogP contribution is -1.92. The number of benzene rings is 11. The smallest absolute Gasteiger partial charge is 0.136 e. The minimum atomic E-state index is 0.872. The zero-order chi connectivity index (χ0) is 39.3. The van der Waals surface area contributed by atoms with Crippen LogP contribution in [0.25, 0.3) is 131 Å². The van der Waals surface area contributed by atoms with E-state index in [0.717, 1.165) is 60.6 Å². The van der Waals surface area contributed by atoms with E-state index in [9.17, 15) is 0 Å². The Hall–Kier alpha value is -7.94. The fourth-order valence-electron chi connectivity index (χ4n) is 10.2. The molecule has 0 atom stereocenters. The molecule has 0 N–H and O–H groups in total. The third-order valence-electron chi connectivity index (χ3n) is 12.7. The van der Waals surface area contributed by atoms with Gasteiger partial charge in [-0.15, -0.1) is 0 Å². The van der Waals surface area contributed by atoms with E-state index in [0.29, 0.717) is 0 Å². The van der Waals surface area contributed by atoms with Crippen LogP contribution in [-0.4, -0.2) is 0 Å². The molecule has 0 saturated carbocycles. The van der Waals surface area contributed by atoms with Crippen molar-refractivity contribution in [1.29, 1.82) is 0 Å². The molecule has 0 aliphatic rings. The van der Waals surface area contributed by atoms with Crippen molar-refractivity contribution >= 4 is 87.0 Å². The molecule has 60 heavy (non-hydrogen) atoms. The molecule has 13 rings (SSSR count). The van der Waals surface area contributed by atoms with Crippen molar-refractivity contribution in [2.75, 3.05) is 0 Å². The van der Waals surface area contributed by atoms with Crippen LogP contribution in [-0.2, 0) is 0 Å². The van der Waals surface area contributed by atoms with Crippen LogP contribution < -0.4 is 0 Å². The van der Waals surface area contributed by atoms with E-state index in [1.807, 2.05) is 12.1 Å². The number of rotatable bonds is 4. The summed E-state index contributed by atoms with van der Waals surface area (Å²) < 4.78 is 13.3. The highest BCUT2D eigenvalue weighted by Gasteiger charge is 2.24. The Labute approximate surface area is 345 Å². The summed E-state index contributed by atoms with van der Waals surface area (Å²) in [5.74, 6) is 0. The third kappa shape index (κ3) is 4.70.